The van der Waals surface area contributed by atoms with E-state index >= 15 is 0 Å². The summed E-state index contributed by atoms with van der Waals surface area (Å²) in [5, 5.41) is 21.4. The Morgan fingerprint density at radius 2 is 1.53 bits per heavy atom. The number of anilines is 3. The van der Waals surface area contributed by atoms with Gasteiger partial charge in [-0.05, 0) is 131 Å². The number of nitrogens with zero attached hydrogens (tertiary/aromatic N) is 4. The van der Waals surface area contributed by atoms with Crippen molar-refractivity contribution in [1.82, 2.24) is 5.32 Å². The zero-order chi connectivity index (χ0) is 70.5. The lowest BCUT2D eigenvalue weighted by molar-refractivity contribution is -0.385. The second-order valence-electron chi connectivity index (χ2n) is 21.2. The predicted octanol–water partition coefficient (Wildman–Crippen LogP) is 9.91. The molecule has 4 aromatic rings. The number of nitrogens with one attached hydrogen (secondary N) is 1. The van der Waals surface area contributed by atoms with E-state index in [9.17, 15) is 66.2 Å². The van der Waals surface area contributed by atoms with Gasteiger partial charge in [0, 0.05) is 48.4 Å². The fourth-order valence-corrected chi connectivity index (χ4v) is 11.7. The average molecular weight is 1450 g/mol. The number of nitro benzene ring substituents is 1. The van der Waals surface area contributed by atoms with Gasteiger partial charge in [-0.15, -0.1) is 11.6 Å². The number of aliphatic carboxylic acids is 1. The molecule has 0 spiro atoms. The molecule has 2 aliphatic heterocycles. The lowest BCUT2D eigenvalue weighted by Crippen LogP contribution is -2.47. The fourth-order valence-electron chi connectivity index (χ4n) is 9.98. The van der Waals surface area contributed by atoms with Crippen molar-refractivity contribution < 1.29 is 90.2 Å². The summed E-state index contributed by atoms with van der Waals surface area (Å²) in [5.41, 5.74) is 4.81. The highest BCUT2D eigenvalue weighted by atomic mass is 35.5. The van der Waals surface area contributed by atoms with Crippen molar-refractivity contribution in [2.45, 2.75) is 108 Å². The van der Waals surface area contributed by atoms with E-state index in [1.54, 1.807) is 42.0 Å². The van der Waals surface area contributed by atoms with Crippen LogP contribution in [0.5, 0.6) is 5.75 Å². The molecule has 510 valence electrons. The molecule has 8 rings (SSSR count). The first-order chi connectivity index (χ1) is 44.1. The molecule has 32 heteroatoms. The van der Waals surface area contributed by atoms with Crippen LogP contribution in [0, 0.1) is 23.0 Å². The maximum absolute atomic E-state index is 12.7. The first kappa shape index (κ1) is 79.5. The van der Waals surface area contributed by atoms with E-state index in [2.05, 4.69) is 18.3 Å². The van der Waals surface area contributed by atoms with Crippen LogP contribution in [-0.2, 0) is 68.7 Å². The smallest absolute Gasteiger partial charge is 0.349 e. The molecule has 0 bridgehead atoms. The number of nitro groups is 1. The number of fused-ring (bicyclic) bond motifs is 1. The van der Waals surface area contributed by atoms with Gasteiger partial charge in [0.25, 0.3) is 23.4 Å². The quantitative estimate of drug-likeness (QED) is 0.00780. The third-order valence-corrected chi connectivity index (χ3v) is 17.2. The van der Waals surface area contributed by atoms with E-state index < -0.39 is 86.5 Å². The Morgan fingerprint density at radius 1 is 0.915 bits per heavy atom. The molecular formula is C62H71Cl5N5O20PS. The highest BCUT2D eigenvalue weighted by Crippen LogP contribution is 2.39. The zero-order valence-corrected chi connectivity index (χ0v) is 57.6. The SMILES string of the molecule is CC1COc2ccccc2N1C(=O)C(Cl)Cl.CCOC(=O)/C(Cl)=C/c1cc(N2C(=O)C3=C(CCCC3)C2=O)ccc1Cl.CCc1cccc(C)c1N(C(=O)CCl)C(C)COC.CS(=O)(=O)c1ccc(C(=O)C2C(=O)CCCC2=O)c([N+](=O)[O-])c1.O=C(O)CNCP(=O)(O)O. The molecule has 2 atom stereocenters. The molecule has 4 N–H and O–H groups in total. The van der Waals surface area contributed by atoms with Crippen LogP contribution < -0.4 is 24.8 Å². The van der Waals surface area contributed by atoms with Crippen molar-refractivity contribution in [2.75, 3.05) is 66.6 Å². The first-order valence-electron chi connectivity index (χ1n) is 28.9. The van der Waals surface area contributed by atoms with Crippen molar-refractivity contribution in [2.24, 2.45) is 5.92 Å². The standard InChI is InChI=1S/C19H17Cl2NO4.C15H22ClNO2.C14H13NO7S.C11H11Cl2NO2.C3H8NO5P/c1-2-26-19(25)16(21)10-11-9-12(7-8-15(11)20)22-17(23)13-5-3-4-6-14(13)18(22)24;1-5-13-8-6-7-11(2)15(13)17(14(18)9-16)12(3)10-19-4;1-23(21,22)8-5-6-9(10(7-8)15(19)20)14(18)13-11(16)3-2-4-12(13)17;1-7-6-16-9-5-3-2-4-8(9)14(7)11(15)10(12)13;5-3(6)1-4-2-10(7,8)9/h7-10H,2-6H2,1H3;6-8,12H,5,9-10H2,1-4H3;5-7,13H,2-4H2,1H3;2-5,7,10H,6H2,1H3;4H,1-2H2,(H,5,6)(H2,7,8,9)/b16-10-;;;;. The monoisotopic (exact) mass is 1440 g/mol. The molecule has 25 nitrogen and oxygen atoms in total. The highest BCUT2D eigenvalue weighted by Gasteiger charge is 2.41. The van der Waals surface area contributed by atoms with Crippen LogP contribution >= 0.6 is 65.6 Å². The molecule has 1 saturated carbocycles. The number of carbonyl (C=O) groups excluding carboxylic acids is 8. The average Bonchev–Trinajstić information content (AvgIpc) is 1.53. The summed E-state index contributed by atoms with van der Waals surface area (Å²) in [6.07, 6.45) is 6.10. The molecule has 2 unspecified atom stereocenters. The van der Waals surface area contributed by atoms with Crippen LogP contribution in [0.3, 0.4) is 0 Å². The van der Waals surface area contributed by atoms with Gasteiger partial charge >= 0.3 is 19.5 Å². The van der Waals surface area contributed by atoms with Crippen molar-refractivity contribution in [1.29, 1.82) is 0 Å². The highest BCUT2D eigenvalue weighted by molar-refractivity contribution is 7.90. The lowest BCUT2D eigenvalue weighted by atomic mass is 9.81. The number of para-hydroxylation sites is 3. The number of ether oxygens (including phenoxy) is 3. The van der Waals surface area contributed by atoms with Crippen LogP contribution in [-0.4, -0.2) is 150 Å². The van der Waals surface area contributed by atoms with Crippen LogP contribution in [0.1, 0.15) is 99.7 Å². The van der Waals surface area contributed by atoms with Gasteiger partial charge in [-0.2, -0.15) is 0 Å². The molecule has 0 saturated heterocycles. The summed E-state index contributed by atoms with van der Waals surface area (Å²) in [6, 6.07) is 20.8. The summed E-state index contributed by atoms with van der Waals surface area (Å²) in [7, 11) is -6.16. The van der Waals surface area contributed by atoms with Crippen LogP contribution in [0.25, 0.3) is 6.08 Å². The van der Waals surface area contributed by atoms with Crippen LogP contribution in [0.2, 0.25) is 5.02 Å². The van der Waals surface area contributed by atoms with Gasteiger partial charge in [0.1, 0.15) is 29.2 Å². The number of imide groups is 1. The molecule has 0 radical (unpaired) electrons. The topological polar surface area (TPSA) is 358 Å². The Morgan fingerprint density at radius 3 is 2.06 bits per heavy atom. The number of hydrogen-bond donors (Lipinski definition) is 4. The number of esters is 1. The van der Waals surface area contributed by atoms with E-state index in [0.29, 0.717) is 65.6 Å². The van der Waals surface area contributed by atoms with Gasteiger partial charge < -0.3 is 38.9 Å². The zero-order valence-electron chi connectivity index (χ0n) is 52.1. The molecule has 2 heterocycles. The Balaban J connectivity index is 0.000000258. The number of alkyl halides is 3. The predicted molar refractivity (Wildman–Crippen MR) is 355 cm³/mol. The minimum Gasteiger partial charge on any atom is -0.489 e. The second kappa shape index (κ2) is 36.8. The molecule has 4 aromatic carbocycles. The van der Waals surface area contributed by atoms with Gasteiger partial charge in [-0.3, -0.25) is 58.4 Å². The number of Topliss-reactive ketones (excluding diaryl/α,β-unsaturated/α-hetero) is 3. The number of aryl methyl sites for hydroxylation is 2. The van der Waals surface area contributed by atoms with Crippen LogP contribution in [0.4, 0.5) is 22.7 Å². The minimum atomic E-state index is -4.10. The minimum absolute atomic E-state index is 0.0223. The Labute approximate surface area is 567 Å². The number of halogens is 5. The number of carboxylic acids is 1. The molecule has 2 aliphatic carbocycles. The number of benzene rings is 4. The normalized spacial score (nSPS) is 15.9. The number of hydrogen-bond acceptors (Lipinski definition) is 18. The van der Waals surface area contributed by atoms with Crippen LogP contribution in [0.15, 0.2) is 99.9 Å². The molecule has 0 aromatic heterocycles. The van der Waals surface area contributed by atoms with Gasteiger partial charge in [0.2, 0.25) is 5.91 Å². The number of amides is 4. The van der Waals surface area contributed by atoms with Crippen molar-refractivity contribution >= 4 is 157 Å². The summed E-state index contributed by atoms with van der Waals surface area (Å²) < 4.78 is 48.5. The van der Waals surface area contributed by atoms with Crippen molar-refractivity contribution in [3.63, 3.8) is 0 Å². The summed E-state index contributed by atoms with van der Waals surface area (Å²) >= 11 is 29.1. The largest absolute Gasteiger partial charge is 0.489 e. The summed E-state index contributed by atoms with van der Waals surface area (Å²) in [4.78, 5) is 137. The van der Waals surface area contributed by atoms with Gasteiger partial charge in [0.15, 0.2) is 32.0 Å². The fraction of sp³-hybridized carbons (Fsp3) is 0.403. The maximum Gasteiger partial charge on any atom is 0.349 e. The Bertz CT molecular complexity index is 3710. The summed E-state index contributed by atoms with van der Waals surface area (Å²) in [6.45, 7) is 10.3. The molecular weight excluding hydrogens is 1380 g/mol. The maximum atomic E-state index is 12.7. The molecule has 1 fully saturated rings. The molecule has 94 heavy (non-hydrogen) atoms. The van der Waals surface area contributed by atoms with E-state index in [0.717, 1.165) is 66.2 Å². The van der Waals surface area contributed by atoms with E-state index in [1.807, 2.05) is 57.2 Å². The van der Waals surface area contributed by atoms with Gasteiger partial charge in [-0.25, -0.2) is 18.1 Å². The number of sulfone groups is 1. The number of methoxy groups -OCH3 is 1. The van der Waals surface area contributed by atoms with E-state index in [-0.39, 0.29) is 71.0 Å². The Hall–Kier alpha value is -6.94. The number of rotatable bonds is 19. The van der Waals surface area contributed by atoms with Crippen molar-refractivity contribution in [3.8, 4) is 5.75 Å². The van der Waals surface area contributed by atoms with Crippen molar-refractivity contribution in [3.05, 3.63) is 132 Å². The number of carboxylic acid groups (broad SMARTS) is 1. The second-order valence-corrected chi connectivity index (χ2v) is 27.1. The Kier molecular flexibility index (Phi) is 31.1. The number of carbonyl (C=O) groups is 9. The summed E-state index contributed by atoms with van der Waals surface area (Å²) in [5.74, 6) is -5.72. The lowest BCUT2D eigenvalue weighted by Gasteiger charge is -2.35. The van der Waals surface area contributed by atoms with E-state index in [4.69, 9.17) is 87.1 Å². The van der Waals surface area contributed by atoms with Gasteiger partial charge in [-0.1, -0.05) is 83.7 Å². The third kappa shape index (κ3) is 22.1. The molecule has 4 aliphatic rings. The van der Waals surface area contributed by atoms with E-state index in [1.165, 1.54) is 11.0 Å². The number of ketones is 3. The first-order valence-corrected chi connectivity index (χ1v) is 34.8. The van der Waals surface area contributed by atoms with Gasteiger partial charge in [0.05, 0.1) is 70.6 Å². The third-order valence-electron chi connectivity index (χ3n) is 14.2. The molecule has 4 amide bonds.